The van der Waals surface area contributed by atoms with Crippen LogP contribution in [-0.4, -0.2) is 23.5 Å². The molecule has 4 nitrogen and oxygen atoms in total. The number of carbonyl (C=O) groups excluding carboxylic acids is 1. The van der Waals surface area contributed by atoms with Crippen LogP contribution in [0.15, 0.2) is 54.7 Å². The fourth-order valence-electron chi connectivity index (χ4n) is 2.25. The smallest absolute Gasteiger partial charge is 0.234 e. The number of pyridine rings is 1. The van der Waals surface area contributed by atoms with E-state index in [2.05, 4.69) is 29.5 Å². The monoisotopic (exact) mass is 311 g/mol. The normalized spacial score (nSPS) is 13.6. The van der Waals surface area contributed by atoms with E-state index in [9.17, 15) is 4.79 Å². The zero-order valence-electron chi connectivity index (χ0n) is 14.0. The van der Waals surface area contributed by atoms with Crippen molar-refractivity contribution >= 4 is 5.91 Å². The number of hydrogen-bond donors (Lipinski definition) is 2. The first kappa shape index (κ1) is 17.2. The topological polar surface area (TPSA) is 54.0 Å². The van der Waals surface area contributed by atoms with Gasteiger partial charge < -0.3 is 5.32 Å². The molecule has 0 aliphatic heterocycles. The summed E-state index contributed by atoms with van der Waals surface area (Å²) >= 11 is 0. The largest absolute Gasteiger partial charge is 0.352 e. The predicted octanol–water partition coefficient (Wildman–Crippen LogP) is 2.92. The Morgan fingerprint density at radius 2 is 1.74 bits per heavy atom. The Hall–Kier alpha value is -2.20. The third-order valence-electron chi connectivity index (χ3n) is 3.97. The van der Waals surface area contributed by atoms with Gasteiger partial charge in [-0.25, -0.2) is 0 Å². The second-order valence-corrected chi connectivity index (χ2v) is 6.08. The second kappa shape index (κ2) is 8.44. The van der Waals surface area contributed by atoms with Crippen molar-refractivity contribution in [2.24, 2.45) is 5.92 Å². The van der Waals surface area contributed by atoms with E-state index in [0.29, 0.717) is 5.92 Å². The molecule has 0 saturated heterocycles. The molecular weight excluding hydrogens is 286 g/mol. The Kier molecular flexibility index (Phi) is 6.29. The van der Waals surface area contributed by atoms with Crippen LogP contribution < -0.4 is 10.6 Å². The molecule has 0 fully saturated rings. The molecule has 0 radical (unpaired) electrons. The van der Waals surface area contributed by atoms with Crippen LogP contribution in [0.25, 0.3) is 0 Å². The SMILES string of the molecule is CC(C)C(C)NC(=O)CNC(c1ccccc1)c1ccccn1. The fraction of sp³-hybridized carbons (Fsp3) is 0.368. The summed E-state index contributed by atoms with van der Waals surface area (Å²) in [6, 6.07) is 15.9. The zero-order chi connectivity index (χ0) is 16.7. The van der Waals surface area contributed by atoms with Gasteiger partial charge in [0.2, 0.25) is 5.91 Å². The number of aromatic nitrogens is 1. The van der Waals surface area contributed by atoms with Crippen LogP contribution in [0.1, 0.15) is 38.1 Å². The van der Waals surface area contributed by atoms with Crippen LogP contribution in [0.5, 0.6) is 0 Å². The van der Waals surface area contributed by atoms with Crippen LogP contribution in [0, 0.1) is 5.92 Å². The van der Waals surface area contributed by atoms with Crippen molar-refractivity contribution in [3.05, 3.63) is 66.0 Å². The minimum Gasteiger partial charge on any atom is -0.352 e. The Balaban J connectivity index is 2.06. The first-order valence-corrected chi connectivity index (χ1v) is 8.06. The van der Waals surface area contributed by atoms with Gasteiger partial charge in [0.15, 0.2) is 0 Å². The van der Waals surface area contributed by atoms with Crippen molar-refractivity contribution in [2.75, 3.05) is 6.54 Å². The molecule has 0 bridgehead atoms. The van der Waals surface area contributed by atoms with Crippen molar-refractivity contribution < 1.29 is 4.79 Å². The van der Waals surface area contributed by atoms with E-state index in [1.165, 1.54) is 0 Å². The highest BCUT2D eigenvalue weighted by Crippen LogP contribution is 2.19. The molecule has 2 atom stereocenters. The summed E-state index contributed by atoms with van der Waals surface area (Å²) in [4.78, 5) is 16.6. The Bertz CT molecular complexity index is 559. The maximum Gasteiger partial charge on any atom is 0.234 e. The summed E-state index contributed by atoms with van der Waals surface area (Å²) in [5.41, 5.74) is 2.00. The van der Waals surface area contributed by atoms with E-state index in [1.807, 2.05) is 55.5 Å². The van der Waals surface area contributed by atoms with Gasteiger partial charge in [-0.3, -0.25) is 15.1 Å². The van der Waals surface area contributed by atoms with Gasteiger partial charge >= 0.3 is 0 Å². The summed E-state index contributed by atoms with van der Waals surface area (Å²) in [5.74, 6) is 0.419. The number of amides is 1. The lowest BCUT2D eigenvalue weighted by Crippen LogP contribution is -2.42. The van der Waals surface area contributed by atoms with Gasteiger partial charge in [0.25, 0.3) is 0 Å². The molecule has 0 aliphatic rings. The molecule has 0 spiro atoms. The number of nitrogens with one attached hydrogen (secondary N) is 2. The third-order valence-corrected chi connectivity index (χ3v) is 3.97. The summed E-state index contributed by atoms with van der Waals surface area (Å²) in [6.07, 6.45) is 1.77. The van der Waals surface area contributed by atoms with Crippen molar-refractivity contribution in [2.45, 2.75) is 32.9 Å². The van der Waals surface area contributed by atoms with E-state index >= 15 is 0 Å². The maximum atomic E-state index is 12.1. The standard InChI is InChI=1S/C19H25N3O/c1-14(2)15(3)22-18(23)13-21-19(16-9-5-4-6-10-16)17-11-7-8-12-20-17/h4-12,14-15,19,21H,13H2,1-3H3,(H,22,23). The molecule has 1 amide bonds. The fourth-order valence-corrected chi connectivity index (χ4v) is 2.25. The minimum atomic E-state index is -0.0995. The molecule has 4 heteroatoms. The highest BCUT2D eigenvalue weighted by atomic mass is 16.1. The van der Waals surface area contributed by atoms with Gasteiger partial charge in [0.05, 0.1) is 18.3 Å². The molecular formula is C19H25N3O. The molecule has 0 aliphatic carbocycles. The molecule has 2 unspecified atom stereocenters. The quantitative estimate of drug-likeness (QED) is 0.826. The van der Waals surface area contributed by atoms with E-state index in [0.717, 1.165) is 11.3 Å². The summed E-state index contributed by atoms with van der Waals surface area (Å²) in [7, 11) is 0. The highest BCUT2D eigenvalue weighted by Gasteiger charge is 2.17. The highest BCUT2D eigenvalue weighted by molar-refractivity contribution is 5.78. The zero-order valence-corrected chi connectivity index (χ0v) is 14.0. The van der Waals surface area contributed by atoms with Crippen molar-refractivity contribution in [3.8, 4) is 0 Å². The van der Waals surface area contributed by atoms with Crippen molar-refractivity contribution in [1.29, 1.82) is 0 Å². The summed E-state index contributed by atoms with van der Waals surface area (Å²) in [6.45, 7) is 6.47. The third kappa shape index (κ3) is 5.18. The van der Waals surface area contributed by atoms with Crippen LogP contribution in [0.3, 0.4) is 0 Å². The molecule has 23 heavy (non-hydrogen) atoms. The molecule has 2 rings (SSSR count). The van der Waals surface area contributed by atoms with E-state index in [4.69, 9.17) is 0 Å². The van der Waals surface area contributed by atoms with Gasteiger partial charge in [-0.05, 0) is 30.5 Å². The van der Waals surface area contributed by atoms with Crippen LogP contribution in [0.4, 0.5) is 0 Å². The summed E-state index contributed by atoms with van der Waals surface area (Å²) in [5, 5.41) is 6.34. The number of benzene rings is 1. The Morgan fingerprint density at radius 1 is 1.04 bits per heavy atom. The first-order valence-electron chi connectivity index (χ1n) is 8.06. The minimum absolute atomic E-state index is 0.00284. The van der Waals surface area contributed by atoms with Crippen LogP contribution >= 0.6 is 0 Å². The van der Waals surface area contributed by atoms with Crippen LogP contribution in [-0.2, 0) is 4.79 Å². The number of rotatable bonds is 7. The maximum absolute atomic E-state index is 12.1. The van der Waals surface area contributed by atoms with Crippen LogP contribution in [0.2, 0.25) is 0 Å². The molecule has 1 aromatic heterocycles. The molecule has 2 N–H and O–H groups in total. The molecule has 0 saturated carbocycles. The molecule has 1 heterocycles. The second-order valence-electron chi connectivity index (χ2n) is 6.08. The average molecular weight is 311 g/mol. The molecule has 2 aromatic rings. The average Bonchev–Trinajstić information content (AvgIpc) is 2.57. The Morgan fingerprint density at radius 3 is 2.35 bits per heavy atom. The Labute approximate surface area is 138 Å². The molecule has 122 valence electrons. The van der Waals surface area contributed by atoms with Gasteiger partial charge in [0.1, 0.15) is 0 Å². The van der Waals surface area contributed by atoms with Crippen molar-refractivity contribution in [3.63, 3.8) is 0 Å². The van der Waals surface area contributed by atoms with Gasteiger partial charge in [-0.1, -0.05) is 50.2 Å². The number of hydrogen-bond acceptors (Lipinski definition) is 3. The van der Waals surface area contributed by atoms with E-state index < -0.39 is 0 Å². The van der Waals surface area contributed by atoms with E-state index in [1.54, 1.807) is 6.20 Å². The lowest BCUT2D eigenvalue weighted by molar-refractivity contribution is -0.121. The molecule has 1 aromatic carbocycles. The lowest BCUT2D eigenvalue weighted by atomic mass is 10.0. The van der Waals surface area contributed by atoms with Gasteiger partial charge in [-0.2, -0.15) is 0 Å². The summed E-state index contributed by atoms with van der Waals surface area (Å²) < 4.78 is 0. The lowest BCUT2D eigenvalue weighted by Gasteiger charge is -2.21. The number of carbonyl (C=O) groups is 1. The van der Waals surface area contributed by atoms with Gasteiger partial charge in [-0.15, -0.1) is 0 Å². The first-order chi connectivity index (χ1) is 11.1. The van der Waals surface area contributed by atoms with Gasteiger partial charge in [0, 0.05) is 12.2 Å². The van der Waals surface area contributed by atoms with Crippen molar-refractivity contribution in [1.82, 2.24) is 15.6 Å². The predicted molar refractivity (Wildman–Crippen MR) is 93.0 cm³/mol. The van der Waals surface area contributed by atoms with E-state index in [-0.39, 0.29) is 24.5 Å². The number of nitrogens with zero attached hydrogens (tertiary/aromatic N) is 1.